The van der Waals surface area contributed by atoms with Gasteiger partial charge in [0.1, 0.15) is 0 Å². The molecule has 0 saturated carbocycles. The molecule has 0 amide bonds. The zero-order chi connectivity index (χ0) is 12.8. The van der Waals surface area contributed by atoms with Crippen LogP contribution in [0.1, 0.15) is 50.8 Å². The van der Waals surface area contributed by atoms with Crippen LogP contribution < -0.4 is 11.5 Å². The summed E-state index contributed by atoms with van der Waals surface area (Å²) in [6.07, 6.45) is 3.07. The van der Waals surface area contributed by atoms with Crippen molar-refractivity contribution in [2.45, 2.75) is 52.1 Å². The van der Waals surface area contributed by atoms with E-state index in [2.05, 4.69) is 38.1 Å². The average molecular weight is 234 g/mol. The molecule has 1 aromatic rings. The monoisotopic (exact) mass is 234 g/mol. The van der Waals surface area contributed by atoms with Gasteiger partial charge in [0.05, 0.1) is 0 Å². The number of rotatable bonds is 6. The summed E-state index contributed by atoms with van der Waals surface area (Å²) in [5, 5.41) is 0. The Morgan fingerprint density at radius 2 is 1.53 bits per heavy atom. The summed E-state index contributed by atoms with van der Waals surface area (Å²) in [5.41, 5.74) is 14.5. The van der Waals surface area contributed by atoms with E-state index < -0.39 is 0 Å². The molecule has 0 radical (unpaired) electrons. The molecule has 2 unspecified atom stereocenters. The standard InChI is InChI=1S/C15H26N2/c1-11(2)10-13-5-7-14(8-6-13)15(17)9-4-12(3)16/h5-8,11-12,15H,4,9-10,16-17H2,1-3H3. The molecule has 0 aliphatic heterocycles. The minimum Gasteiger partial charge on any atom is -0.328 e. The van der Waals surface area contributed by atoms with Crippen molar-refractivity contribution in [3.63, 3.8) is 0 Å². The highest BCUT2D eigenvalue weighted by atomic mass is 14.6. The minimum absolute atomic E-state index is 0.120. The second kappa shape index (κ2) is 6.77. The van der Waals surface area contributed by atoms with Crippen molar-refractivity contribution in [2.75, 3.05) is 0 Å². The summed E-state index contributed by atoms with van der Waals surface area (Å²) >= 11 is 0. The molecule has 0 bridgehead atoms. The van der Waals surface area contributed by atoms with Gasteiger partial charge in [-0.3, -0.25) is 0 Å². The summed E-state index contributed by atoms with van der Waals surface area (Å²) < 4.78 is 0. The Kier molecular flexibility index (Phi) is 5.66. The molecule has 0 heterocycles. The summed E-state index contributed by atoms with van der Waals surface area (Å²) in [5.74, 6) is 0.701. The fraction of sp³-hybridized carbons (Fsp3) is 0.600. The van der Waals surface area contributed by atoms with Crippen molar-refractivity contribution in [1.29, 1.82) is 0 Å². The van der Waals surface area contributed by atoms with E-state index in [9.17, 15) is 0 Å². The van der Waals surface area contributed by atoms with Crippen molar-refractivity contribution in [2.24, 2.45) is 17.4 Å². The van der Waals surface area contributed by atoms with Crippen LogP contribution in [0.2, 0.25) is 0 Å². The first-order valence-corrected chi connectivity index (χ1v) is 6.59. The van der Waals surface area contributed by atoms with Gasteiger partial charge in [0.25, 0.3) is 0 Å². The van der Waals surface area contributed by atoms with Crippen LogP contribution in [0.4, 0.5) is 0 Å². The van der Waals surface area contributed by atoms with E-state index >= 15 is 0 Å². The zero-order valence-corrected chi connectivity index (χ0v) is 11.3. The number of nitrogens with two attached hydrogens (primary N) is 2. The van der Waals surface area contributed by atoms with E-state index in [4.69, 9.17) is 11.5 Å². The summed E-state index contributed by atoms with van der Waals surface area (Å²) in [4.78, 5) is 0. The lowest BCUT2D eigenvalue weighted by atomic mass is 9.97. The molecule has 2 atom stereocenters. The molecule has 2 heteroatoms. The van der Waals surface area contributed by atoms with E-state index in [-0.39, 0.29) is 12.1 Å². The highest BCUT2D eigenvalue weighted by molar-refractivity contribution is 5.25. The van der Waals surface area contributed by atoms with Gasteiger partial charge >= 0.3 is 0 Å². The molecule has 0 saturated heterocycles. The summed E-state index contributed by atoms with van der Waals surface area (Å²) in [6.45, 7) is 6.50. The van der Waals surface area contributed by atoms with Crippen LogP contribution in [0.3, 0.4) is 0 Å². The molecule has 2 nitrogen and oxygen atoms in total. The van der Waals surface area contributed by atoms with Crippen LogP contribution in [-0.2, 0) is 6.42 Å². The number of hydrogen-bond donors (Lipinski definition) is 2. The van der Waals surface area contributed by atoms with Crippen LogP contribution in [0, 0.1) is 5.92 Å². The third kappa shape index (κ3) is 5.33. The molecule has 1 rings (SSSR count). The van der Waals surface area contributed by atoms with Gasteiger partial charge in [-0.25, -0.2) is 0 Å². The predicted octanol–water partition coefficient (Wildman–Crippen LogP) is 3.01. The second-order valence-corrected chi connectivity index (χ2v) is 5.50. The normalized spacial score (nSPS) is 14.9. The van der Waals surface area contributed by atoms with Crippen LogP contribution in [0.15, 0.2) is 24.3 Å². The first kappa shape index (κ1) is 14.2. The maximum absolute atomic E-state index is 6.14. The molecule has 0 aliphatic carbocycles. The van der Waals surface area contributed by atoms with E-state index in [1.165, 1.54) is 11.1 Å². The number of hydrogen-bond acceptors (Lipinski definition) is 2. The molecule has 96 valence electrons. The van der Waals surface area contributed by atoms with Gasteiger partial charge in [0.15, 0.2) is 0 Å². The molecule has 0 fully saturated rings. The average Bonchev–Trinajstić information content (AvgIpc) is 2.26. The van der Waals surface area contributed by atoms with Crippen LogP contribution in [0.5, 0.6) is 0 Å². The summed E-state index contributed by atoms with van der Waals surface area (Å²) in [6, 6.07) is 9.06. The second-order valence-electron chi connectivity index (χ2n) is 5.50. The molecule has 0 spiro atoms. The lowest BCUT2D eigenvalue weighted by Crippen LogP contribution is -2.18. The van der Waals surface area contributed by atoms with E-state index in [0.29, 0.717) is 5.92 Å². The molecule has 4 N–H and O–H groups in total. The predicted molar refractivity (Wildman–Crippen MR) is 74.8 cm³/mol. The molecule has 0 aliphatic rings. The molecular weight excluding hydrogens is 208 g/mol. The SMILES string of the molecule is CC(C)Cc1ccc(C(N)CCC(C)N)cc1. The molecule has 17 heavy (non-hydrogen) atoms. The van der Waals surface area contributed by atoms with Gasteiger partial charge in [0, 0.05) is 12.1 Å². The van der Waals surface area contributed by atoms with Gasteiger partial charge in [-0.05, 0) is 43.2 Å². The summed E-state index contributed by atoms with van der Waals surface area (Å²) in [7, 11) is 0. The van der Waals surface area contributed by atoms with Gasteiger partial charge in [-0.1, -0.05) is 38.1 Å². The highest BCUT2D eigenvalue weighted by Gasteiger charge is 2.07. The van der Waals surface area contributed by atoms with Crippen molar-refractivity contribution >= 4 is 0 Å². The van der Waals surface area contributed by atoms with E-state index in [0.717, 1.165) is 19.3 Å². The van der Waals surface area contributed by atoms with Gasteiger partial charge in [-0.2, -0.15) is 0 Å². The Balaban J connectivity index is 2.54. The fourth-order valence-electron chi connectivity index (χ4n) is 1.98. The van der Waals surface area contributed by atoms with Gasteiger partial charge < -0.3 is 11.5 Å². The first-order valence-electron chi connectivity index (χ1n) is 6.59. The maximum atomic E-state index is 6.14. The van der Waals surface area contributed by atoms with Crippen molar-refractivity contribution in [3.05, 3.63) is 35.4 Å². The van der Waals surface area contributed by atoms with Crippen LogP contribution in [-0.4, -0.2) is 6.04 Å². The van der Waals surface area contributed by atoms with Crippen LogP contribution >= 0.6 is 0 Å². The Morgan fingerprint density at radius 1 is 0.941 bits per heavy atom. The Labute approximate surface area is 105 Å². The quantitative estimate of drug-likeness (QED) is 0.795. The van der Waals surface area contributed by atoms with Crippen molar-refractivity contribution in [3.8, 4) is 0 Å². The smallest absolute Gasteiger partial charge is 0.0295 e. The largest absolute Gasteiger partial charge is 0.328 e. The van der Waals surface area contributed by atoms with Gasteiger partial charge in [-0.15, -0.1) is 0 Å². The first-order chi connectivity index (χ1) is 7.99. The van der Waals surface area contributed by atoms with Gasteiger partial charge in [0.2, 0.25) is 0 Å². The minimum atomic E-state index is 0.120. The Hall–Kier alpha value is -0.860. The molecular formula is C15H26N2. The van der Waals surface area contributed by atoms with Crippen molar-refractivity contribution in [1.82, 2.24) is 0 Å². The molecule has 0 aromatic heterocycles. The van der Waals surface area contributed by atoms with Crippen molar-refractivity contribution < 1.29 is 0 Å². The topological polar surface area (TPSA) is 52.0 Å². The van der Waals surface area contributed by atoms with E-state index in [1.54, 1.807) is 0 Å². The van der Waals surface area contributed by atoms with Crippen LogP contribution in [0.25, 0.3) is 0 Å². The fourth-order valence-corrected chi connectivity index (χ4v) is 1.98. The Bertz CT molecular complexity index is 314. The molecule has 1 aromatic carbocycles. The third-order valence-corrected chi connectivity index (χ3v) is 2.98. The lowest BCUT2D eigenvalue weighted by Gasteiger charge is -2.14. The lowest BCUT2D eigenvalue weighted by molar-refractivity contribution is 0.555. The third-order valence-electron chi connectivity index (χ3n) is 2.98. The maximum Gasteiger partial charge on any atom is 0.0295 e. The number of benzene rings is 1. The highest BCUT2D eigenvalue weighted by Crippen LogP contribution is 2.18. The zero-order valence-electron chi connectivity index (χ0n) is 11.3. The Morgan fingerprint density at radius 3 is 2.00 bits per heavy atom. The van der Waals surface area contributed by atoms with E-state index in [1.807, 2.05) is 6.92 Å².